The van der Waals surface area contributed by atoms with Gasteiger partial charge in [-0.15, -0.1) is 0 Å². The number of carbonyl (C=O) groups is 1. The van der Waals surface area contributed by atoms with Crippen molar-refractivity contribution in [1.29, 1.82) is 0 Å². The number of Topliss-reactive ketones (excluding diaryl/α,β-unsaturated/α-hetero) is 1. The van der Waals surface area contributed by atoms with Crippen LogP contribution >= 0.6 is 15.9 Å². The smallest absolute Gasteiger partial charge is 0.218 e. The molecule has 0 aromatic heterocycles. The van der Waals surface area contributed by atoms with Gasteiger partial charge in [-0.25, -0.2) is 0 Å². The van der Waals surface area contributed by atoms with Crippen molar-refractivity contribution in [1.82, 2.24) is 0 Å². The van der Waals surface area contributed by atoms with E-state index in [-0.39, 0.29) is 10.6 Å². The molecule has 0 heterocycles. The Kier molecular flexibility index (Phi) is 2.45. The summed E-state index contributed by atoms with van der Waals surface area (Å²) < 4.78 is 22.6. The van der Waals surface area contributed by atoms with Crippen LogP contribution in [0.25, 0.3) is 0 Å². The van der Waals surface area contributed by atoms with Crippen LogP contribution in [0.1, 0.15) is 19.3 Å². The molecule has 0 aliphatic heterocycles. The lowest BCUT2D eigenvalue weighted by molar-refractivity contribution is -0.114. The summed E-state index contributed by atoms with van der Waals surface area (Å²) in [5.74, 6) is -0.0516. The van der Waals surface area contributed by atoms with Gasteiger partial charge < -0.3 is 0 Å². The average Bonchev–Trinajstić information content (AvgIpc) is 2.50. The zero-order chi connectivity index (χ0) is 10.3. The molecular weight excluding hydrogens is 268 g/mol. The van der Waals surface area contributed by atoms with Gasteiger partial charge in [-0.3, -0.25) is 4.79 Å². The van der Waals surface area contributed by atoms with E-state index < -0.39 is 10.3 Å². The van der Waals surface area contributed by atoms with E-state index in [4.69, 9.17) is 0 Å². The zero-order valence-corrected chi connectivity index (χ0v) is 9.61. The first-order valence-electron chi connectivity index (χ1n) is 4.19. The lowest BCUT2D eigenvalue weighted by Crippen LogP contribution is -2.13. The fourth-order valence-electron chi connectivity index (χ4n) is 1.78. The zero-order valence-electron chi connectivity index (χ0n) is 7.21. The molecule has 0 spiro atoms. The second kappa shape index (κ2) is 3.47. The molecule has 2 aliphatic rings. The van der Waals surface area contributed by atoms with Crippen molar-refractivity contribution in [2.24, 2.45) is 0 Å². The first kappa shape index (κ1) is 9.86. The summed E-state index contributed by atoms with van der Waals surface area (Å²) >= 11 is 3.34. The maximum Gasteiger partial charge on any atom is 0.218 e. The lowest BCUT2D eigenvalue weighted by atomic mass is 10.00. The minimum atomic E-state index is -2.28. The summed E-state index contributed by atoms with van der Waals surface area (Å²) in [7, 11) is -2.28. The molecular formula is C9H7BrO3S. The van der Waals surface area contributed by atoms with Crippen LogP contribution in [-0.4, -0.2) is 19.1 Å². The molecule has 0 radical (unpaired) electrons. The summed E-state index contributed by atoms with van der Waals surface area (Å²) in [6, 6.07) is 0. The molecule has 0 amide bonds. The molecule has 0 saturated heterocycles. The van der Waals surface area contributed by atoms with Gasteiger partial charge in [0, 0.05) is 22.9 Å². The van der Waals surface area contributed by atoms with E-state index in [2.05, 4.69) is 15.9 Å². The summed E-state index contributed by atoms with van der Waals surface area (Å²) in [4.78, 5) is 11.7. The third-order valence-corrected chi connectivity index (χ3v) is 3.99. The molecule has 0 bridgehead atoms. The number of hydrogen-bond acceptors (Lipinski definition) is 3. The van der Waals surface area contributed by atoms with Crippen LogP contribution in [-0.2, 0) is 15.1 Å². The Balaban J connectivity index is 2.70. The Bertz CT molecular complexity index is 500. The SMILES string of the molecule is O=C1CCC2=C1C(=S(=O)=O)CC=C2Br. The van der Waals surface area contributed by atoms with Gasteiger partial charge in [-0.1, -0.05) is 22.0 Å². The predicted molar refractivity (Wildman–Crippen MR) is 56.8 cm³/mol. The van der Waals surface area contributed by atoms with Gasteiger partial charge >= 0.3 is 0 Å². The topological polar surface area (TPSA) is 51.2 Å². The van der Waals surface area contributed by atoms with Gasteiger partial charge in [0.15, 0.2) is 5.78 Å². The highest BCUT2D eigenvalue weighted by Crippen LogP contribution is 2.36. The van der Waals surface area contributed by atoms with Crippen molar-refractivity contribution in [3.63, 3.8) is 0 Å². The Morgan fingerprint density at radius 2 is 2.00 bits per heavy atom. The van der Waals surface area contributed by atoms with Crippen molar-refractivity contribution < 1.29 is 13.2 Å². The van der Waals surface area contributed by atoms with Crippen LogP contribution in [0.15, 0.2) is 21.7 Å². The highest BCUT2D eigenvalue weighted by molar-refractivity contribution is 9.12. The summed E-state index contributed by atoms with van der Waals surface area (Å²) in [6.45, 7) is 0. The molecule has 0 fully saturated rings. The van der Waals surface area contributed by atoms with Crippen molar-refractivity contribution >= 4 is 36.9 Å². The Morgan fingerprint density at radius 1 is 1.29 bits per heavy atom. The quantitative estimate of drug-likeness (QED) is 0.627. The van der Waals surface area contributed by atoms with Crippen molar-refractivity contribution in [2.45, 2.75) is 19.3 Å². The second-order valence-corrected chi connectivity index (χ2v) is 5.01. The Hall–Kier alpha value is -0.680. The minimum absolute atomic E-state index is 0.0516. The molecule has 0 atom stereocenters. The maximum atomic E-state index is 11.5. The molecule has 0 unspecified atom stereocenters. The van der Waals surface area contributed by atoms with Crippen LogP contribution in [0.3, 0.4) is 0 Å². The molecule has 5 heteroatoms. The Morgan fingerprint density at radius 3 is 2.64 bits per heavy atom. The maximum absolute atomic E-state index is 11.5. The monoisotopic (exact) mass is 274 g/mol. The minimum Gasteiger partial charge on any atom is -0.294 e. The van der Waals surface area contributed by atoms with E-state index in [1.54, 1.807) is 6.08 Å². The van der Waals surface area contributed by atoms with E-state index in [1.807, 2.05) is 0 Å². The first-order valence-corrected chi connectivity index (χ1v) is 6.06. The molecule has 0 N–H and O–H groups in total. The number of hydrogen-bond donors (Lipinski definition) is 0. The summed E-state index contributed by atoms with van der Waals surface area (Å²) in [5, 5.41) is 0. The van der Waals surface area contributed by atoms with Gasteiger partial charge in [0.2, 0.25) is 10.3 Å². The molecule has 74 valence electrons. The third-order valence-electron chi connectivity index (χ3n) is 2.42. The molecule has 0 aromatic carbocycles. The number of rotatable bonds is 0. The van der Waals surface area contributed by atoms with E-state index in [9.17, 15) is 13.2 Å². The van der Waals surface area contributed by atoms with Crippen LogP contribution in [0, 0.1) is 0 Å². The van der Waals surface area contributed by atoms with Crippen LogP contribution < -0.4 is 0 Å². The van der Waals surface area contributed by atoms with E-state index in [1.165, 1.54) is 0 Å². The number of carbonyl (C=O) groups excluding carboxylic acids is 1. The molecule has 3 nitrogen and oxygen atoms in total. The Labute approximate surface area is 91.2 Å². The van der Waals surface area contributed by atoms with E-state index >= 15 is 0 Å². The van der Waals surface area contributed by atoms with Gasteiger partial charge in [-0.05, 0) is 12.0 Å². The first-order chi connectivity index (χ1) is 6.61. The third kappa shape index (κ3) is 1.40. The van der Waals surface area contributed by atoms with Gasteiger partial charge in [0.25, 0.3) is 0 Å². The molecule has 14 heavy (non-hydrogen) atoms. The standard InChI is InChI=1S/C9H7BrO3S/c10-6-2-4-8(14(12)13)9-5(6)1-3-7(9)11/h2H,1,3-4H2. The van der Waals surface area contributed by atoms with E-state index in [0.717, 1.165) is 10.1 Å². The van der Waals surface area contributed by atoms with Crippen molar-refractivity contribution in [3.05, 3.63) is 21.7 Å². The van der Waals surface area contributed by atoms with Crippen molar-refractivity contribution in [2.75, 3.05) is 0 Å². The average molecular weight is 275 g/mol. The second-order valence-electron chi connectivity index (χ2n) is 3.19. The fraction of sp³-hybridized carbons (Fsp3) is 0.333. The van der Waals surface area contributed by atoms with Gasteiger partial charge in [0.05, 0.1) is 4.86 Å². The summed E-state index contributed by atoms with van der Waals surface area (Å²) in [6.07, 6.45) is 3.18. The number of halogens is 1. The summed E-state index contributed by atoms with van der Waals surface area (Å²) in [5.41, 5.74) is 1.27. The molecule has 0 saturated carbocycles. The predicted octanol–water partition coefficient (Wildman–Crippen LogP) is 1.38. The van der Waals surface area contributed by atoms with E-state index in [0.29, 0.717) is 24.8 Å². The van der Waals surface area contributed by atoms with Crippen LogP contribution in [0.2, 0.25) is 0 Å². The molecule has 2 rings (SSSR count). The largest absolute Gasteiger partial charge is 0.294 e. The lowest BCUT2D eigenvalue weighted by Gasteiger charge is -2.10. The van der Waals surface area contributed by atoms with Crippen LogP contribution in [0.5, 0.6) is 0 Å². The normalized spacial score (nSPS) is 21.1. The van der Waals surface area contributed by atoms with Crippen molar-refractivity contribution in [3.8, 4) is 0 Å². The highest BCUT2D eigenvalue weighted by atomic mass is 79.9. The molecule has 2 aliphatic carbocycles. The highest BCUT2D eigenvalue weighted by Gasteiger charge is 2.30. The van der Waals surface area contributed by atoms with Crippen LogP contribution in [0.4, 0.5) is 0 Å². The van der Waals surface area contributed by atoms with Gasteiger partial charge in [0.1, 0.15) is 0 Å². The number of ketones is 1. The number of allylic oxidation sites excluding steroid dienone is 4. The molecule has 0 aromatic rings. The van der Waals surface area contributed by atoms with Gasteiger partial charge in [-0.2, -0.15) is 8.42 Å². The fourth-order valence-corrected chi connectivity index (χ4v) is 2.96.